The van der Waals surface area contributed by atoms with Crippen LogP contribution in [0.5, 0.6) is 0 Å². The molecular formula is C25H20BrClN4O. The van der Waals surface area contributed by atoms with Crippen LogP contribution in [-0.2, 0) is 5.54 Å². The minimum Gasteiger partial charge on any atom is -0.340 e. The molecule has 0 saturated carbocycles. The van der Waals surface area contributed by atoms with Gasteiger partial charge in [-0.2, -0.15) is 0 Å². The number of hydrogen-bond acceptors (Lipinski definition) is 4. The van der Waals surface area contributed by atoms with Gasteiger partial charge in [-0.25, -0.2) is 9.97 Å². The average molecular weight is 508 g/mol. The maximum atomic E-state index is 13.1. The van der Waals surface area contributed by atoms with Gasteiger partial charge in [0.05, 0.1) is 11.2 Å². The van der Waals surface area contributed by atoms with Crippen molar-refractivity contribution >= 4 is 33.4 Å². The van der Waals surface area contributed by atoms with E-state index in [1.54, 1.807) is 24.5 Å². The van der Waals surface area contributed by atoms with Crippen LogP contribution in [0.3, 0.4) is 0 Å². The summed E-state index contributed by atoms with van der Waals surface area (Å²) in [5, 5.41) is 3.67. The van der Waals surface area contributed by atoms with Crippen LogP contribution in [-0.4, -0.2) is 20.9 Å². The fraction of sp³-hybridized carbons (Fsp3) is 0.120. The zero-order valence-corrected chi connectivity index (χ0v) is 19.9. The Kier molecular flexibility index (Phi) is 6.35. The van der Waals surface area contributed by atoms with Crippen molar-refractivity contribution < 1.29 is 4.79 Å². The first-order valence-electron chi connectivity index (χ1n) is 9.96. The predicted molar refractivity (Wildman–Crippen MR) is 130 cm³/mol. The molecule has 160 valence electrons. The topological polar surface area (TPSA) is 67.8 Å². The molecule has 0 aliphatic heterocycles. The van der Waals surface area contributed by atoms with Gasteiger partial charge in [-0.15, -0.1) is 0 Å². The molecule has 0 aliphatic rings. The first kappa shape index (κ1) is 22.1. The maximum absolute atomic E-state index is 13.1. The molecule has 1 N–H and O–H groups in total. The normalized spacial score (nSPS) is 11.2. The quantitative estimate of drug-likeness (QED) is 0.345. The van der Waals surface area contributed by atoms with Gasteiger partial charge in [-0.3, -0.25) is 9.78 Å². The number of rotatable bonds is 5. The van der Waals surface area contributed by atoms with Crippen molar-refractivity contribution in [3.8, 4) is 22.5 Å². The molecule has 2 aromatic carbocycles. The fourth-order valence-electron chi connectivity index (χ4n) is 3.31. The number of nitrogens with zero attached hydrogens (tertiary/aromatic N) is 3. The number of halogens is 2. The van der Waals surface area contributed by atoms with Gasteiger partial charge >= 0.3 is 0 Å². The maximum Gasteiger partial charge on any atom is 0.289 e. The third-order valence-corrected chi connectivity index (χ3v) is 5.76. The van der Waals surface area contributed by atoms with E-state index in [0.29, 0.717) is 16.4 Å². The summed E-state index contributed by atoms with van der Waals surface area (Å²) in [4.78, 5) is 26.5. The summed E-state index contributed by atoms with van der Waals surface area (Å²) in [6.45, 7) is 3.89. The van der Waals surface area contributed by atoms with Crippen LogP contribution in [0, 0.1) is 0 Å². The lowest BCUT2D eigenvalue weighted by atomic mass is 9.94. The van der Waals surface area contributed by atoms with Crippen LogP contribution >= 0.6 is 27.5 Å². The van der Waals surface area contributed by atoms with E-state index in [4.69, 9.17) is 11.6 Å². The molecule has 0 radical (unpaired) electrons. The lowest BCUT2D eigenvalue weighted by Crippen LogP contribution is -2.41. The highest BCUT2D eigenvalue weighted by Gasteiger charge is 2.25. The van der Waals surface area contributed by atoms with E-state index in [9.17, 15) is 4.79 Å². The number of carbonyl (C=O) groups excluding carboxylic acids is 1. The Balaban J connectivity index is 1.74. The van der Waals surface area contributed by atoms with E-state index in [1.807, 2.05) is 68.4 Å². The van der Waals surface area contributed by atoms with E-state index < -0.39 is 5.54 Å². The molecular weight excluding hydrogens is 488 g/mol. The van der Waals surface area contributed by atoms with Crippen molar-refractivity contribution in [2.45, 2.75) is 19.4 Å². The Labute approximate surface area is 200 Å². The standard InChI is InChI=1S/C25H20BrClN4O/c1-25(2,17-6-4-3-5-7-17)31-24(32)23-29-15-20(16-8-11-19(27)12-9-16)22(30-23)21-13-10-18(26)14-28-21/h3-15H,1-2H3,(H,31,32). The predicted octanol–water partition coefficient (Wildman–Crippen LogP) is 6.29. The molecule has 0 unspecified atom stereocenters. The summed E-state index contributed by atoms with van der Waals surface area (Å²) in [5.41, 5.74) is 3.24. The SMILES string of the molecule is CC(C)(NC(=O)c1ncc(-c2ccc(Cl)cc2)c(-c2ccc(Br)cn2)n1)c1ccccc1. The smallest absolute Gasteiger partial charge is 0.289 e. The molecule has 4 aromatic rings. The largest absolute Gasteiger partial charge is 0.340 e. The minimum atomic E-state index is -0.591. The number of benzene rings is 2. The Morgan fingerprint density at radius 2 is 1.66 bits per heavy atom. The van der Waals surface area contributed by atoms with Gasteiger partial charge in [-0.05, 0) is 65.2 Å². The Morgan fingerprint density at radius 3 is 2.31 bits per heavy atom. The van der Waals surface area contributed by atoms with E-state index in [2.05, 4.69) is 36.2 Å². The second-order valence-electron chi connectivity index (χ2n) is 7.77. The molecule has 2 heterocycles. The number of pyridine rings is 1. The lowest BCUT2D eigenvalue weighted by Gasteiger charge is -2.26. The fourth-order valence-corrected chi connectivity index (χ4v) is 3.67. The first-order chi connectivity index (χ1) is 15.3. The number of carbonyl (C=O) groups is 1. The third kappa shape index (κ3) is 4.87. The van der Waals surface area contributed by atoms with Crippen molar-refractivity contribution in [1.29, 1.82) is 0 Å². The summed E-state index contributed by atoms with van der Waals surface area (Å²) in [7, 11) is 0. The molecule has 4 rings (SSSR count). The van der Waals surface area contributed by atoms with Crippen LogP contribution < -0.4 is 5.32 Å². The number of aromatic nitrogens is 3. The Hall–Kier alpha value is -3.09. The van der Waals surface area contributed by atoms with Crippen molar-refractivity contribution in [1.82, 2.24) is 20.3 Å². The number of amides is 1. The van der Waals surface area contributed by atoms with E-state index in [1.165, 1.54) is 0 Å². The van der Waals surface area contributed by atoms with Crippen LogP contribution in [0.25, 0.3) is 22.5 Å². The van der Waals surface area contributed by atoms with Crippen LogP contribution in [0.4, 0.5) is 0 Å². The van der Waals surface area contributed by atoms with E-state index >= 15 is 0 Å². The molecule has 0 spiro atoms. The summed E-state index contributed by atoms with van der Waals surface area (Å²) in [6, 6.07) is 20.9. The van der Waals surface area contributed by atoms with Crippen molar-refractivity contribution in [2.24, 2.45) is 0 Å². The molecule has 0 fully saturated rings. The van der Waals surface area contributed by atoms with Crippen LogP contribution in [0.2, 0.25) is 5.02 Å². The lowest BCUT2D eigenvalue weighted by molar-refractivity contribution is 0.0901. The molecule has 5 nitrogen and oxygen atoms in total. The number of nitrogens with one attached hydrogen (secondary N) is 1. The summed E-state index contributed by atoms with van der Waals surface area (Å²) < 4.78 is 0.853. The molecule has 0 atom stereocenters. The molecule has 0 bridgehead atoms. The van der Waals surface area contributed by atoms with Gasteiger partial charge in [0.15, 0.2) is 0 Å². The van der Waals surface area contributed by atoms with E-state index in [0.717, 1.165) is 21.2 Å². The minimum absolute atomic E-state index is 0.0754. The van der Waals surface area contributed by atoms with Gasteiger partial charge < -0.3 is 5.32 Å². The Morgan fingerprint density at radius 1 is 0.938 bits per heavy atom. The van der Waals surface area contributed by atoms with Gasteiger partial charge in [0.25, 0.3) is 5.91 Å². The van der Waals surface area contributed by atoms with E-state index in [-0.39, 0.29) is 11.7 Å². The summed E-state index contributed by atoms with van der Waals surface area (Å²) >= 11 is 9.46. The molecule has 0 saturated heterocycles. The second-order valence-corrected chi connectivity index (χ2v) is 9.12. The molecule has 2 aromatic heterocycles. The molecule has 32 heavy (non-hydrogen) atoms. The highest BCUT2D eigenvalue weighted by molar-refractivity contribution is 9.10. The van der Waals surface area contributed by atoms with Gasteiger partial charge in [0, 0.05) is 27.5 Å². The monoisotopic (exact) mass is 506 g/mol. The highest BCUT2D eigenvalue weighted by Crippen LogP contribution is 2.30. The molecule has 7 heteroatoms. The van der Waals surface area contributed by atoms with Gasteiger partial charge in [0.2, 0.25) is 5.82 Å². The zero-order chi connectivity index (χ0) is 22.7. The zero-order valence-electron chi connectivity index (χ0n) is 17.5. The first-order valence-corrected chi connectivity index (χ1v) is 11.1. The Bertz CT molecular complexity index is 1240. The van der Waals surface area contributed by atoms with Gasteiger partial charge in [0.1, 0.15) is 5.69 Å². The summed E-state index contributed by atoms with van der Waals surface area (Å²) in [6.07, 6.45) is 3.35. The number of hydrogen-bond donors (Lipinski definition) is 1. The molecule has 0 aliphatic carbocycles. The molecule has 1 amide bonds. The average Bonchev–Trinajstić information content (AvgIpc) is 2.80. The van der Waals surface area contributed by atoms with Crippen molar-refractivity contribution in [3.05, 3.63) is 100 Å². The van der Waals surface area contributed by atoms with Crippen molar-refractivity contribution in [3.63, 3.8) is 0 Å². The second kappa shape index (κ2) is 9.18. The van der Waals surface area contributed by atoms with Crippen LogP contribution in [0.15, 0.2) is 83.6 Å². The summed E-state index contributed by atoms with van der Waals surface area (Å²) in [5.74, 6) is -0.286. The van der Waals surface area contributed by atoms with Crippen LogP contribution in [0.1, 0.15) is 30.0 Å². The highest BCUT2D eigenvalue weighted by atomic mass is 79.9. The van der Waals surface area contributed by atoms with Crippen molar-refractivity contribution in [2.75, 3.05) is 0 Å². The van der Waals surface area contributed by atoms with Gasteiger partial charge in [-0.1, -0.05) is 54.1 Å². The third-order valence-electron chi connectivity index (χ3n) is 5.04.